The van der Waals surface area contributed by atoms with Gasteiger partial charge in [-0.15, -0.1) is 0 Å². The molecule has 2 unspecified atom stereocenters. The zero-order valence-corrected chi connectivity index (χ0v) is 11.6. The van der Waals surface area contributed by atoms with E-state index in [4.69, 9.17) is 5.73 Å². The number of nitrogens with two attached hydrogens (primary N) is 1. The minimum atomic E-state index is -0.826. The lowest BCUT2D eigenvalue weighted by Gasteiger charge is -2.43. The monoisotopic (exact) mass is 268 g/mol. The van der Waals surface area contributed by atoms with E-state index in [9.17, 15) is 8.78 Å². The maximum atomic E-state index is 13.4. The molecule has 1 fully saturated rings. The Morgan fingerprint density at radius 2 is 1.89 bits per heavy atom. The topological polar surface area (TPSA) is 29.3 Å². The lowest BCUT2D eigenvalue weighted by atomic mass is 9.83. The Labute approximate surface area is 113 Å². The zero-order valence-electron chi connectivity index (χ0n) is 11.6. The van der Waals surface area contributed by atoms with Gasteiger partial charge in [-0.1, -0.05) is 13.0 Å². The van der Waals surface area contributed by atoms with Gasteiger partial charge in [-0.3, -0.25) is 4.90 Å². The second-order valence-corrected chi connectivity index (χ2v) is 5.56. The van der Waals surface area contributed by atoms with Crippen molar-refractivity contribution in [2.45, 2.75) is 44.7 Å². The summed E-state index contributed by atoms with van der Waals surface area (Å²) in [5, 5.41) is 0. The summed E-state index contributed by atoms with van der Waals surface area (Å²) in [4.78, 5) is 2.37. The summed E-state index contributed by atoms with van der Waals surface area (Å²) < 4.78 is 26.4. The van der Waals surface area contributed by atoms with E-state index in [1.807, 2.05) is 0 Å². The number of halogens is 2. The molecule has 0 aromatic heterocycles. The molecule has 0 saturated carbocycles. The molecule has 1 aromatic rings. The molecule has 0 amide bonds. The van der Waals surface area contributed by atoms with Crippen LogP contribution in [-0.4, -0.2) is 23.5 Å². The van der Waals surface area contributed by atoms with Crippen LogP contribution >= 0.6 is 0 Å². The first-order valence-corrected chi connectivity index (χ1v) is 6.94. The third-order valence-electron chi connectivity index (χ3n) is 4.52. The Bertz CT molecular complexity index is 444. The van der Waals surface area contributed by atoms with E-state index in [1.165, 1.54) is 18.9 Å². The first-order valence-electron chi connectivity index (χ1n) is 6.94. The fraction of sp³-hybridized carbons (Fsp3) is 0.600. The largest absolute Gasteiger partial charge is 0.322 e. The number of nitrogens with zero attached hydrogens (tertiary/aromatic N) is 1. The van der Waals surface area contributed by atoms with Gasteiger partial charge in [0.1, 0.15) is 0 Å². The van der Waals surface area contributed by atoms with Crippen LogP contribution in [0.1, 0.15) is 44.7 Å². The molecule has 1 heterocycles. The van der Waals surface area contributed by atoms with Crippen molar-refractivity contribution >= 4 is 0 Å². The maximum Gasteiger partial charge on any atom is 0.159 e. The predicted octanol–water partition coefficient (Wildman–Crippen LogP) is 3.23. The molecule has 4 heteroatoms. The highest BCUT2D eigenvalue weighted by Crippen LogP contribution is 2.35. The van der Waals surface area contributed by atoms with Crippen molar-refractivity contribution in [2.24, 2.45) is 5.73 Å². The van der Waals surface area contributed by atoms with Crippen molar-refractivity contribution < 1.29 is 8.78 Å². The minimum absolute atomic E-state index is 0.208. The third-order valence-corrected chi connectivity index (χ3v) is 4.52. The fourth-order valence-corrected chi connectivity index (χ4v) is 2.93. The Morgan fingerprint density at radius 1 is 1.26 bits per heavy atom. The highest BCUT2D eigenvalue weighted by atomic mass is 19.2. The van der Waals surface area contributed by atoms with Crippen molar-refractivity contribution in [2.75, 3.05) is 13.1 Å². The molecule has 2 N–H and O–H groups in total. The maximum absolute atomic E-state index is 13.4. The molecule has 1 aliphatic rings. The van der Waals surface area contributed by atoms with Gasteiger partial charge in [-0.05, 0) is 57.0 Å². The quantitative estimate of drug-likeness (QED) is 0.908. The lowest BCUT2D eigenvalue weighted by Crippen LogP contribution is -2.51. The molecular weight excluding hydrogens is 246 g/mol. The van der Waals surface area contributed by atoms with Gasteiger partial charge in [-0.25, -0.2) is 8.78 Å². The summed E-state index contributed by atoms with van der Waals surface area (Å²) >= 11 is 0. The predicted molar refractivity (Wildman–Crippen MR) is 72.8 cm³/mol. The molecule has 1 aliphatic heterocycles. The zero-order chi connectivity index (χ0) is 14.0. The van der Waals surface area contributed by atoms with E-state index in [2.05, 4.69) is 18.7 Å². The van der Waals surface area contributed by atoms with Crippen molar-refractivity contribution in [1.82, 2.24) is 4.90 Å². The first kappa shape index (κ1) is 14.4. The molecule has 19 heavy (non-hydrogen) atoms. The van der Waals surface area contributed by atoms with E-state index >= 15 is 0 Å². The SMILES string of the molecule is CCC(C)(C(N)c1ccc(F)c(F)c1)N1CCCC1. The number of hydrogen-bond donors (Lipinski definition) is 1. The van der Waals surface area contributed by atoms with Crippen LogP contribution in [0.5, 0.6) is 0 Å². The number of rotatable bonds is 4. The summed E-state index contributed by atoms with van der Waals surface area (Å²) in [6, 6.07) is 3.66. The van der Waals surface area contributed by atoms with Crippen LogP contribution in [0, 0.1) is 11.6 Å². The number of benzene rings is 1. The highest BCUT2D eigenvalue weighted by molar-refractivity contribution is 5.24. The molecule has 2 nitrogen and oxygen atoms in total. The van der Waals surface area contributed by atoms with Crippen LogP contribution in [0.3, 0.4) is 0 Å². The van der Waals surface area contributed by atoms with Crippen LogP contribution < -0.4 is 5.73 Å². The van der Waals surface area contributed by atoms with Crippen molar-refractivity contribution in [1.29, 1.82) is 0 Å². The fourth-order valence-electron chi connectivity index (χ4n) is 2.93. The van der Waals surface area contributed by atoms with Gasteiger partial charge in [0.2, 0.25) is 0 Å². The normalized spacial score (nSPS) is 21.3. The Kier molecular flexibility index (Phi) is 4.21. The molecule has 1 aromatic carbocycles. The van der Waals surface area contributed by atoms with E-state index in [0.717, 1.165) is 25.6 Å². The molecule has 0 aliphatic carbocycles. The first-order chi connectivity index (χ1) is 8.99. The summed E-state index contributed by atoms with van der Waals surface area (Å²) in [5.74, 6) is -1.65. The van der Waals surface area contributed by atoms with Crippen molar-refractivity contribution in [3.63, 3.8) is 0 Å². The molecule has 2 atom stereocenters. The summed E-state index contributed by atoms with van der Waals surface area (Å²) in [7, 11) is 0. The molecule has 2 rings (SSSR count). The second-order valence-electron chi connectivity index (χ2n) is 5.56. The Balaban J connectivity index is 2.28. The molecular formula is C15H22F2N2. The van der Waals surface area contributed by atoms with E-state index in [-0.39, 0.29) is 11.6 Å². The molecule has 0 radical (unpaired) electrons. The molecule has 106 valence electrons. The molecule has 0 bridgehead atoms. The van der Waals surface area contributed by atoms with Crippen LogP contribution in [0.15, 0.2) is 18.2 Å². The third kappa shape index (κ3) is 2.65. The van der Waals surface area contributed by atoms with Gasteiger partial charge in [0.25, 0.3) is 0 Å². The van der Waals surface area contributed by atoms with Gasteiger partial charge in [0.05, 0.1) is 0 Å². The van der Waals surface area contributed by atoms with Crippen LogP contribution in [0.4, 0.5) is 8.78 Å². The molecule has 0 spiro atoms. The smallest absolute Gasteiger partial charge is 0.159 e. The lowest BCUT2D eigenvalue weighted by molar-refractivity contribution is 0.0998. The van der Waals surface area contributed by atoms with Crippen LogP contribution in [-0.2, 0) is 0 Å². The van der Waals surface area contributed by atoms with Crippen molar-refractivity contribution in [3.8, 4) is 0 Å². The number of likely N-dealkylation sites (tertiary alicyclic amines) is 1. The Morgan fingerprint density at radius 3 is 2.42 bits per heavy atom. The van der Waals surface area contributed by atoms with Gasteiger partial charge >= 0.3 is 0 Å². The van der Waals surface area contributed by atoms with E-state index < -0.39 is 11.6 Å². The average molecular weight is 268 g/mol. The van der Waals surface area contributed by atoms with Gasteiger partial charge in [0.15, 0.2) is 11.6 Å². The Hall–Kier alpha value is -1.00. The standard InChI is InChI=1S/C15H22F2N2/c1-3-15(2,19-8-4-5-9-19)14(18)11-6-7-12(16)13(17)10-11/h6-7,10,14H,3-5,8-9,18H2,1-2H3. The van der Waals surface area contributed by atoms with Gasteiger partial charge in [-0.2, -0.15) is 0 Å². The van der Waals surface area contributed by atoms with Gasteiger partial charge in [0, 0.05) is 11.6 Å². The van der Waals surface area contributed by atoms with Crippen molar-refractivity contribution in [3.05, 3.63) is 35.4 Å². The minimum Gasteiger partial charge on any atom is -0.322 e. The highest BCUT2D eigenvalue weighted by Gasteiger charge is 2.38. The summed E-state index contributed by atoms with van der Waals surface area (Å²) in [5.41, 5.74) is 6.81. The summed E-state index contributed by atoms with van der Waals surface area (Å²) in [6.45, 7) is 6.27. The van der Waals surface area contributed by atoms with E-state index in [0.29, 0.717) is 5.56 Å². The summed E-state index contributed by atoms with van der Waals surface area (Å²) in [6.07, 6.45) is 3.24. The number of hydrogen-bond acceptors (Lipinski definition) is 2. The van der Waals surface area contributed by atoms with Crippen LogP contribution in [0.2, 0.25) is 0 Å². The van der Waals surface area contributed by atoms with Gasteiger partial charge < -0.3 is 5.73 Å². The second kappa shape index (κ2) is 5.55. The van der Waals surface area contributed by atoms with E-state index in [1.54, 1.807) is 6.07 Å². The molecule has 1 saturated heterocycles. The van der Waals surface area contributed by atoms with Crippen LogP contribution in [0.25, 0.3) is 0 Å². The average Bonchev–Trinajstić information content (AvgIpc) is 2.94.